The summed E-state index contributed by atoms with van der Waals surface area (Å²) in [5.74, 6) is -2.22. The van der Waals surface area contributed by atoms with Crippen molar-refractivity contribution in [1.29, 1.82) is 0 Å². The number of carbonyl (C=O) groups is 4. The summed E-state index contributed by atoms with van der Waals surface area (Å²) in [4.78, 5) is 53.8. The minimum absolute atomic E-state index is 0.0288. The second-order valence-electron chi connectivity index (χ2n) is 9.61. The topological polar surface area (TPSA) is 129 Å². The van der Waals surface area contributed by atoms with Gasteiger partial charge in [0.15, 0.2) is 0 Å². The smallest absolute Gasteiger partial charge is 0.270 e. The number of benzene rings is 1. The van der Waals surface area contributed by atoms with Gasteiger partial charge in [0.1, 0.15) is 17.6 Å². The molecular formula is C26H36FN7O4. The molecule has 38 heavy (non-hydrogen) atoms. The number of halogens is 1. The lowest BCUT2D eigenvalue weighted by molar-refractivity contribution is -0.137. The summed E-state index contributed by atoms with van der Waals surface area (Å²) in [6.07, 6.45) is 1.84. The predicted octanol–water partition coefficient (Wildman–Crippen LogP) is 1.18. The third kappa shape index (κ3) is 7.60. The summed E-state index contributed by atoms with van der Waals surface area (Å²) >= 11 is 0. The first-order chi connectivity index (χ1) is 18.1. The molecule has 0 radical (unpaired) electrons. The first kappa shape index (κ1) is 28.8. The van der Waals surface area contributed by atoms with Gasteiger partial charge < -0.3 is 25.8 Å². The van der Waals surface area contributed by atoms with Crippen LogP contribution in [0.2, 0.25) is 0 Å². The molecule has 1 fully saturated rings. The second kappa shape index (κ2) is 13.1. The van der Waals surface area contributed by atoms with Crippen LogP contribution in [0.5, 0.6) is 0 Å². The highest BCUT2D eigenvalue weighted by molar-refractivity contribution is 5.98. The minimum atomic E-state index is -0.819. The number of hydrogen-bond acceptors (Lipinski definition) is 6. The molecule has 1 saturated heterocycles. The third-order valence-corrected chi connectivity index (χ3v) is 6.32. The molecular weight excluding hydrogens is 493 g/mol. The van der Waals surface area contributed by atoms with Crippen LogP contribution >= 0.6 is 0 Å². The molecule has 0 saturated carbocycles. The molecule has 12 heteroatoms. The van der Waals surface area contributed by atoms with Crippen molar-refractivity contribution in [2.75, 3.05) is 45.1 Å². The maximum Gasteiger partial charge on any atom is 0.270 e. The average Bonchev–Trinajstić information content (AvgIpc) is 3.39. The number of nitrogens with one attached hydrogen (secondary N) is 3. The van der Waals surface area contributed by atoms with E-state index >= 15 is 0 Å². The van der Waals surface area contributed by atoms with E-state index in [0.29, 0.717) is 24.3 Å². The lowest BCUT2D eigenvalue weighted by Gasteiger charge is -2.34. The predicted molar refractivity (Wildman–Crippen MR) is 140 cm³/mol. The minimum Gasteiger partial charge on any atom is -0.344 e. The zero-order valence-corrected chi connectivity index (χ0v) is 22.3. The van der Waals surface area contributed by atoms with E-state index in [1.807, 2.05) is 20.9 Å². The standard InChI is InChI=1S/C26H36FN7O4/c1-5-23(35)31-21(26(38)33-12-10-32(4)11-13-33)15-18-6-7-20(19(27)14-18)30-24(36)16-28-25(37)22-8-9-29-34(22)17(2)3/h6-9,14,17,21H,5,10-13,15-16H2,1-4H3,(H,28,37)(H,30,36)(H,31,35). The van der Waals surface area contributed by atoms with Crippen molar-refractivity contribution >= 4 is 29.3 Å². The molecule has 11 nitrogen and oxygen atoms in total. The number of nitrogens with zero attached hydrogens (tertiary/aromatic N) is 4. The quantitative estimate of drug-likeness (QED) is 0.424. The van der Waals surface area contributed by atoms with Crippen molar-refractivity contribution in [2.24, 2.45) is 0 Å². The van der Waals surface area contributed by atoms with Crippen LogP contribution in [0.3, 0.4) is 0 Å². The molecule has 3 rings (SSSR count). The van der Waals surface area contributed by atoms with Gasteiger partial charge >= 0.3 is 0 Å². The van der Waals surface area contributed by atoms with Crippen LogP contribution in [-0.4, -0.2) is 89.0 Å². The Kier molecular flexibility index (Phi) is 9.94. The van der Waals surface area contributed by atoms with Crippen LogP contribution in [0.4, 0.5) is 10.1 Å². The molecule has 1 aromatic heterocycles. The number of piperazine rings is 1. The first-order valence-corrected chi connectivity index (χ1v) is 12.8. The molecule has 1 aliphatic rings. The molecule has 2 aromatic rings. The molecule has 3 N–H and O–H groups in total. The fourth-order valence-corrected chi connectivity index (χ4v) is 4.12. The molecule has 1 aromatic carbocycles. The molecule has 0 spiro atoms. The highest BCUT2D eigenvalue weighted by atomic mass is 19.1. The van der Waals surface area contributed by atoms with E-state index in [0.717, 1.165) is 13.1 Å². The van der Waals surface area contributed by atoms with E-state index in [4.69, 9.17) is 0 Å². The molecule has 2 heterocycles. The lowest BCUT2D eigenvalue weighted by Crippen LogP contribution is -2.54. The van der Waals surface area contributed by atoms with Crippen LogP contribution in [-0.2, 0) is 20.8 Å². The number of rotatable bonds is 10. The van der Waals surface area contributed by atoms with Crippen molar-refractivity contribution in [2.45, 2.75) is 45.7 Å². The molecule has 206 valence electrons. The Morgan fingerprint density at radius 2 is 1.76 bits per heavy atom. The van der Waals surface area contributed by atoms with Crippen molar-refractivity contribution in [3.8, 4) is 0 Å². The van der Waals surface area contributed by atoms with Crippen LogP contribution in [0.1, 0.15) is 49.3 Å². The zero-order valence-electron chi connectivity index (χ0n) is 22.3. The Hall–Kier alpha value is -3.80. The third-order valence-electron chi connectivity index (χ3n) is 6.32. The van der Waals surface area contributed by atoms with Crippen LogP contribution in [0.25, 0.3) is 0 Å². The van der Waals surface area contributed by atoms with Gasteiger partial charge in [-0.25, -0.2) is 4.39 Å². The Labute approximate surface area is 221 Å². The molecule has 4 amide bonds. The summed E-state index contributed by atoms with van der Waals surface area (Å²) < 4.78 is 16.4. The number of likely N-dealkylation sites (N-methyl/N-ethyl adjacent to an activating group) is 1. The molecule has 0 bridgehead atoms. The summed E-state index contributed by atoms with van der Waals surface area (Å²) in [5.41, 5.74) is 0.763. The molecule has 0 aliphatic carbocycles. The van der Waals surface area contributed by atoms with Crippen LogP contribution in [0.15, 0.2) is 30.5 Å². The van der Waals surface area contributed by atoms with Gasteiger partial charge in [0, 0.05) is 51.3 Å². The fraction of sp³-hybridized carbons (Fsp3) is 0.500. The van der Waals surface area contributed by atoms with Gasteiger partial charge in [-0.05, 0) is 44.7 Å². The van der Waals surface area contributed by atoms with Gasteiger partial charge in [-0.3, -0.25) is 23.9 Å². The number of hydrogen-bond donors (Lipinski definition) is 3. The van der Waals surface area contributed by atoms with Gasteiger partial charge in [-0.1, -0.05) is 13.0 Å². The Morgan fingerprint density at radius 1 is 1.05 bits per heavy atom. The van der Waals surface area contributed by atoms with Crippen molar-refractivity contribution in [3.63, 3.8) is 0 Å². The van der Waals surface area contributed by atoms with E-state index in [1.54, 1.807) is 24.0 Å². The van der Waals surface area contributed by atoms with E-state index in [-0.39, 0.29) is 42.9 Å². The van der Waals surface area contributed by atoms with Crippen molar-refractivity contribution < 1.29 is 23.6 Å². The zero-order chi connectivity index (χ0) is 27.8. The van der Waals surface area contributed by atoms with E-state index in [9.17, 15) is 23.6 Å². The number of amides is 4. The van der Waals surface area contributed by atoms with Crippen LogP contribution in [0, 0.1) is 5.82 Å². The monoisotopic (exact) mass is 529 g/mol. The maximum absolute atomic E-state index is 14.9. The average molecular weight is 530 g/mol. The van der Waals surface area contributed by atoms with E-state index < -0.39 is 23.7 Å². The maximum atomic E-state index is 14.9. The lowest BCUT2D eigenvalue weighted by atomic mass is 10.0. The van der Waals surface area contributed by atoms with Gasteiger partial charge in [0.05, 0.1) is 12.2 Å². The molecule has 1 atom stereocenters. The summed E-state index contributed by atoms with van der Waals surface area (Å²) in [7, 11) is 1.98. The largest absolute Gasteiger partial charge is 0.344 e. The summed E-state index contributed by atoms with van der Waals surface area (Å²) in [6.45, 7) is 7.71. The molecule has 1 unspecified atom stereocenters. The second-order valence-corrected chi connectivity index (χ2v) is 9.61. The highest BCUT2D eigenvalue weighted by Gasteiger charge is 2.28. The summed E-state index contributed by atoms with van der Waals surface area (Å²) in [5, 5.41) is 11.8. The Morgan fingerprint density at radius 3 is 2.39 bits per heavy atom. The Balaban J connectivity index is 1.61. The van der Waals surface area contributed by atoms with Gasteiger partial charge in [0.25, 0.3) is 5.91 Å². The fourth-order valence-electron chi connectivity index (χ4n) is 4.12. The van der Waals surface area contributed by atoms with Gasteiger partial charge in [-0.2, -0.15) is 5.10 Å². The summed E-state index contributed by atoms with van der Waals surface area (Å²) in [6, 6.07) is 4.94. The van der Waals surface area contributed by atoms with Gasteiger partial charge in [0.2, 0.25) is 17.7 Å². The molecule has 1 aliphatic heterocycles. The van der Waals surface area contributed by atoms with E-state index in [2.05, 4.69) is 25.9 Å². The van der Waals surface area contributed by atoms with E-state index in [1.165, 1.54) is 23.0 Å². The Bertz CT molecular complexity index is 1160. The van der Waals surface area contributed by atoms with Crippen molar-refractivity contribution in [1.82, 2.24) is 30.2 Å². The van der Waals surface area contributed by atoms with Gasteiger partial charge in [-0.15, -0.1) is 0 Å². The number of aromatic nitrogens is 2. The number of anilines is 1. The SMILES string of the molecule is CCC(=O)NC(Cc1ccc(NC(=O)CNC(=O)c2ccnn2C(C)C)c(F)c1)C(=O)N1CCN(C)CC1. The highest BCUT2D eigenvalue weighted by Crippen LogP contribution is 2.18. The normalized spacial score (nSPS) is 14.7. The first-order valence-electron chi connectivity index (χ1n) is 12.8. The van der Waals surface area contributed by atoms with Crippen LogP contribution < -0.4 is 16.0 Å². The number of carbonyl (C=O) groups excluding carboxylic acids is 4. The van der Waals surface area contributed by atoms with Crippen molar-refractivity contribution in [3.05, 3.63) is 47.5 Å².